The van der Waals surface area contributed by atoms with Crippen LogP contribution in [0.15, 0.2) is 152 Å². The Bertz CT molecular complexity index is 1940. The number of fused-ring (bicyclic) bond motifs is 1. The molecule has 0 saturated carbocycles. The molecule has 10 heteroatoms. The molecular formula is C48H52O10. The fraction of sp³-hybridized carbons (Fsp3) is 0.375. The summed E-state index contributed by atoms with van der Waals surface area (Å²) in [7, 11) is 1.60. The van der Waals surface area contributed by atoms with Gasteiger partial charge < -0.3 is 47.4 Å². The maximum absolute atomic E-state index is 7.17. The minimum absolute atomic E-state index is 0.0972. The predicted octanol–water partition coefficient (Wildman–Crippen LogP) is 7.77. The standard InChI is InChI=1S/C48H52O10/c1-34-41(50-28-35-18-8-3-9-19-35)44(52-30-37-22-12-5-13-23-37)46(54-32-39-26-16-7-17-27-39)48(57-34)55-33-40-42(58-48)43(51-29-36-20-10-4-11-21-36)45(47(49-2)56-40)53-31-38-24-14-6-15-25-38/h3-27,34,40-47H,28-33H2,1-2H3/t34-,40+,41-,42-,43-,44+,45+,46+,47-,48+/m0/s1. The SMILES string of the molecule is CO[C@H]1O[C@@H]2CO[C@@]3(O[C@@H]2[C@H](OCc2ccccc2)[C@H]1OCc1ccccc1)O[C@@H](C)[C@H](OCc1ccccc1)[C@@H](OCc1ccccc1)[C@H]3OCc1ccccc1. The van der Waals surface area contributed by atoms with Crippen LogP contribution in [0.1, 0.15) is 34.7 Å². The molecule has 8 rings (SSSR count). The van der Waals surface area contributed by atoms with Crippen molar-refractivity contribution in [1.82, 2.24) is 0 Å². The quantitative estimate of drug-likeness (QED) is 0.0988. The Morgan fingerprint density at radius 3 is 1.33 bits per heavy atom. The molecule has 0 aromatic heterocycles. The predicted molar refractivity (Wildman–Crippen MR) is 215 cm³/mol. The highest BCUT2D eigenvalue weighted by molar-refractivity contribution is 5.18. The summed E-state index contributed by atoms with van der Waals surface area (Å²) >= 11 is 0. The zero-order valence-electron chi connectivity index (χ0n) is 33.0. The Morgan fingerprint density at radius 1 is 0.483 bits per heavy atom. The van der Waals surface area contributed by atoms with Crippen LogP contribution >= 0.6 is 0 Å². The Morgan fingerprint density at radius 2 is 0.879 bits per heavy atom. The molecule has 0 radical (unpaired) electrons. The van der Waals surface area contributed by atoms with Gasteiger partial charge >= 0.3 is 5.97 Å². The van der Waals surface area contributed by atoms with Gasteiger partial charge in [0.15, 0.2) is 12.4 Å². The Balaban J connectivity index is 1.14. The number of ether oxygens (including phenoxy) is 10. The fourth-order valence-corrected chi connectivity index (χ4v) is 7.81. The molecule has 0 N–H and O–H groups in total. The minimum atomic E-state index is -1.75. The molecule has 3 aliphatic heterocycles. The van der Waals surface area contributed by atoms with E-state index in [9.17, 15) is 0 Å². The lowest BCUT2D eigenvalue weighted by atomic mass is 9.93. The van der Waals surface area contributed by atoms with Crippen molar-refractivity contribution in [3.63, 3.8) is 0 Å². The van der Waals surface area contributed by atoms with E-state index >= 15 is 0 Å². The van der Waals surface area contributed by atoms with Crippen molar-refractivity contribution < 1.29 is 47.4 Å². The Kier molecular flexibility index (Phi) is 13.7. The third kappa shape index (κ3) is 9.76. The van der Waals surface area contributed by atoms with Crippen LogP contribution in [0, 0.1) is 0 Å². The second-order valence-corrected chi connectivity index (χ2v) is 14.9. The first-order valence-corrected chi connectivity index (χ1v) is 20.0. The maximum Gasteiger partial charge on any atom is 0.314 e. The van der Waals surface area contributed by atoms with E-state index < -0.39 is 61.1 Å². The third-order valence-electron chi connectivity index (χ3n) is 10.8. The average molecular weight is 789 g/mol. The molecule has 3 heterocycles. The van der Waals surface area contributed by atoms with Crippen molar-refractivity contribution in [3.8, 4) is 0 Å². The molecule has 3 saturated heterocycles. The van der Waals surface area contributed by atoms with E-state index in [-0.39, 0.29) is 13.2 Å². The molecule has 5 aromatic carbocycles. The van der Waals surface area contributed by atoms with Gasteiger partial charge in [-0.1, -0.05) is 152 Å². The fourth-order valence-electron chi connectivity index (χ4n) is 7.81. The lowest BCUT2D eigenvalue weighted by Crippen LogP contribution is -2.74. The summed E-state index contributed by atoms with van der Waals surface area (Å²) in [6.07, 6.45) is -6.16. The molecule has 0 unspecified atom stereocenters. The summed E-state index contributed by atoms with van der Waals surface area (Å²) in [5.74, 6) is -1.75. The molecule has 304 valence electrons. The number of hydrogen-bond acceptors (Lipinski definition) is 10. The van der Waals surface area contributed by atoms with Crippen molar-refractivity contribution in [2.45, 2.75) is 101 Å². The minimum Gasteiger partial charge on any atom is -0.368 e. The van der Waals surface area contributed by atoms with Gasteiger partial charge in [-0.05, 0) is 34.7 Å². The molecule has 0 aliphatic carbocycles. The smallest absolute Gasteiger partial charge is 0.314 e. The highest BCUT2D eigenvalue weighted by Crippen LogP contribution is 2.44. The van der Waals surface area contributed by atoms with Crippen molar-refractivity contribution >= 4 is 0 Å². The van der Waals surface area contributed by atoms with Crippen molar-refractivity contribution in [2.75, 3.05) is 13.7 Å². The first kappa shape index (κ1) is 40.5. The largest absolute Gasteiger partial charge is 0.368 e. The topological polar surface area (TPSA) is 92.3 Å². The second-order valence-electron chi connectivity index (χ2n) is 14.9. The van der Waals surface area contributed by atoms with Gasteiger partial charge in [0.2, 0.25) is 0 Å². The molecule has 10 atom stereocenters. The highest BCUT2D eigenvalue weighted by Gasteiger charge is 2.64. The van der Waals surface area contributed by atoms with Gasteiger partial charge in [-0.3, -0.25) is 0 Å². The maximum atomic E-state index is 7.17. The number of rotatable bonds is 16. The molecule has 5 aromatic rings. The van der Waals surface area contributed by atoms with Gasteiger partial charge in [-0.25, -0.2) is 0 Å². The lowest BCUT2D eigenvalue weighted by Gasteiger charge is -2.57. The van der Waals surface area contributed by atoms with Crippen molar-refractivity contribution in [3.05, 3.63) is 179 Å². The van der Waals surface area contributed by atoms with Crippen LogP contribution in [0.4, 0.5) is 0 Å². The summed E-state index contributed by atoms with van der Waals surface area (Å²) in [5.41, 5.74) is 5.00. The summed E-state index contributed by atoms with van der Waals surface area (Å²) in [5, 5.41) is 0. The van der Waals surface area contributed by atoms with E-state index in [1.807, 2.05) is 159 Å². The lowest BCUT2D eigenvalue weighted by molar-refractivity contribution is -0.515. The van der Waals surface area contributed by atoms with E-state index in [2.05, 4.69) is 0 Å². The monoisotopic (exact) mass is 788 g/mol. The second kappa shape index (κ2) is 19.6. The number of benzene rings is 5. The molecule has 1 spiro atoms. The van der Waals surface area contributed by atoms with E-state index in [0.29, 0.717) is 26.4 Å². The highest BCUT2D eigenvalue weighted by atomic mass is 16.9. The van der Waals surface area contributed by atoms with Gasteiger partial charge in [0.05, 0.1) is 45.7 Å². The summed E-state index contributed by atoms with van der Waals surface area (Å²) < 4.78 is 67.2. The van der Waals surface area contributed by atoms with Gasteiger partial charge in [-0.15, -0.1) is 0 Å². The third-order valence-corrected chi connectivity index (χ3v) is 10.8. The van der Waals surface area contributed by atoms with Crippen molar-refractivity contribution in [2.24, 2.45) is 0 Å². The molecule has 0 bridgehead atoms. The zero-order chi connectivity index (χ0) is 39.6. The van der Waals surface area contributed by atoms with Gasteiger partial charge in [0.1, 0.15) is 36.6 Å². The van der Waals surface area contributed by atoms with E-state index in [0.717, 1.165) is 27.8 Å². The van der Waals surface area contributed by atoms with Gasteiger partial charge in [-0.2, -0.15) is 0 Å². The van der Waals surface area contributed by atoms with Gasteiger partial charge in [0, 0.05) is 7.11 Å². The first-order chi connectivity index (χ1) is 28.6. The van der Waals surface area contributed by atoms with Crippen LogP contribution in [-0.4, -0.2) is 74.8 Å². The molecule has 0 amide bonds. The van der Waals surface area contributed by atoms with Gasteiger partial charge in [0.25, 0.3) is 0 Å². The van der Waals surface area contributed by atoms with E-state index in [4.69, 9.17) is 47.4 Å². The van der Waals surface area contributed by atoms with Crippen molar-refractivity contribution in [1.29, 1.82) is 0 Å². The molecule has 3 aliphatic rings. The van der Waals surface area contributed by atoms with Crippen LogP contribution in [0.5, 0.6) is 0 Å². The average Bonchev–Trinajstić information content (AvgIpc) is 3.28. The normalized spacial score (nSPS) is 29.5. The van der Waals surface area contributed by atoms with Crippen LogP contribution in [-0.2, 0) is 80.4 Å². The molecule has 10 nitrogen and oxygen atoms in total. The summed E-state index contributed by atoms with van der Waals surface area (Å²) in [4.78, 5) is 0. The van der Waals surface area contributed by atoms with Crippen LogP contribution in [0.2, 0.25) is 0 Å². The zero-order valence-corrected chi connectivity index (χ0v) is 33.0. The Hall–Kier alpha value is -4.30. The van der Waals surface area contributed by atoms with E-state index in [1.54, 1.807) is 7.11 Å². The number of hydrogen-bond donors (Lipinski definition) is 0. The Labute approximate surface area is 340 Å². The summed E-state index contributed by atoms with van der Waals surface area (Å²) in [6.45, 7) is 3.55. The van der Waals surface area contributed by atoms with E-state index in [1.165, 1.54) is 0 Å². The molecule has 58 heavy (non-hydrogen) atoms. The molecular weight excluding hydrogens is 737 g/mol. The first-order valence-electron chi connectivity index (χ1n) is 20.0. The number of methoxy groups -OCH3 is 1. The van der Waals surface area contributed by atoms with Crippen LogP contribution < -0.4 is 0 Å². The molecule has 3 fully saturated rings. The summed E-state index contributed by atoms with van der Waals surface area (Å²) in [6, 6.07) is 50.1. The van der Waals surface area contributed by atoms with Crippen LogP contribution in [0.25, 0.3) is 0 Å². The van der Waals surface area contributed by atoms with Crippen LogP contribution in [0.3, 0.4) is 0 Å².